The van der Waals surface area contributed by atoms with Crippen molar-refractivity contribution in [3.8, 4) is 0 Å². The molecule has 1 nitrogen and oxygen atoms in total. The molecule has 0 heterocycles. The minimum absolute atomic E-state index is 0.252. The molecule has 2 aliphatic rings. The third kappa shape index (κ3) is 3.57. The van der Waals surface area contributed by atoms with Crippen LogP contribution in [0.3, 0.4) is 0 Å². The van der Waals surface area contributed by atoms with Crippen molar-refractivity contribution in [1.29, 1.82) is 0 Å². The summed E-state index contributed by atoms with van der Waals surface area (Å²) in [7, 11) is -1.77. The summed E-state index contributed by atoms with van der Waals surface area (Å²) in [4.78, 5) is 0. The van der Waals surface area contributed by atoms with E-state index < -0.39 is 8.32 Å². The monoisotopic (exact) mass is 354 g/mol. The van der Waals surface area contributed by atoms with Crippen molar-refractivity contribution in [3.05, 3.63) is 60.7 Å². The van der Waals surface area contributed by atoms with Gasteiger partial charge in [-0.3, -0.25) is 0 Å². The van der Waals surface area contributed by atoms with E-state index in [1.54, 1.807) is 0 Å². The molecule has 0 amide bonds. The van der Waals surface area contributed by atoms with Crippen LogP contribution in [0.15, 0.2) is 55.1 Å². The summed E-state index contributed by atoms with van der Waals surface area (Å²) in [6.45, 7) is 15.9. The lowest BCUT2D eigenvalue weighted by molar-refractivity contribution is 0.0899. The van der Waals surface area contributed by atoms with Crippen molar-refractivity contribution in [2.24, 2.45) is 17.8 Å². The lowest BCUT2D eigenvalue weighted by Crippen LogP contribution is -2.47. The average Bonchev–Trinajstić information content (AvgIpc) is 2.94. The van der Waals surface area contributed by atoms with Gasteiger partial charge in [-0.05, 0) is 60.2 Å². The van der Waals surface area contributed by atoms with Gasteiger partial charge >= 0.3 is 0 Å². The van der Waals surface area contributed by atoms with Crippen LogP contribution in [0, 0.1) is 17.8 Å². The molecule has 1 aromatic carbocycles. The van der Waals surface area contributed by atoms with Crippen LogP contribution < -0.4 is 0 Å². The lowest BCUT2D eigenvalue weighted by Gasteiger charge is -2.44. The minimum atomic E-state index is -1.77. The standard InChI is InChI=1S/C23H34OSi/c1-7-17-16-19-14-11-15-20(24-25(5,6)23(2,3)4)22(19)21(17)18-12-9-8-10-13-18/h7-14,17,19-22H,1,15-16H2,2-6H3/t17-,19+,20?,21-,22-/m0/s1. The van der Waals surface area contributed by atoms with Crippen molar-refractivity contribution in [3.63, 3.8) is 0 Å². The largest absolute Gasteiger partial charge is 0.413 e. The minimum Gasteiger partial charge on any atom is -0.413 e. The van der Waals surface area contributed by atoms with Crippen molar-refractivity contribution in [2.75, 3.05) is 0 Å². The van der Waals surface area contributed by atoms with Gasteiger partial charge in [-0.25, -0.2) is 0 Å². The Morgan fingerprint density at radius 1 is 1.16 bits per heavy atom. The van der Waals surface area contributed by atoms with E-state index in [-0.39, 0.29) is 5.04 Å². The van der Waals surface area contributed by atoms with Crippen LogP contribution in [0.5, 0.6) is 0 Å². The number of allylic oxidation sites excluding steroid dienone is 2. The molecule has 25 heavy (non-hydrogen) atoms. The first-order valence-corrected chi connectivity index (χ1v) is 12.7. The fraction of sp³-hybridized carbons (Fsp3) is 0.565. The topological polar surface area (TPSA) is 9.23 Å². The van der Waals surface area contributed by atoms with E-state index in [0.717, 1.165) is 6.42 Å². The highest BCUT2D eigenvalue weighted by Gasteiger charge is 2.49. The molecule has 1 aromatic rings. The van der Waals surface area contributed by atoms with Gasteiger partial charge in [0, 0.05) is 0 Å². The molecule has 2 aliphatic carbocycles. The average molecular weight is 355 g/mol. The van der Waals surface area contributed by atoms with Gasteiger partial charge in [0.2, 0.25) is 0 Å². The molecule has 1 saturated carbocycles. The molecule has 3 rings (SSSR count). The van der Waals surface area contributed by atoms with E-state index in [2.05, 4.69) is 89.0 Å². The SMILES string of the molecule is C=C[C@H]1C[C@H]2C=CCC(O[Si](C)(C)C(C)(C)C)[C@H]2[C@@H]1c1ccccc1. The van der Waals surface area contributed by atoms with Crippen LogP contribution in [0.1, 0.15) is 45.1 Å². The van der Waals surface area contributed by atoms with Gasteiger partial charge < -0.3 is 4.43 Å². The maximum Gasteiger partial charge on any atom is 0.192 e. The van der Waals surface area contributed by atoms with E-state index in [9.17, 15) is 0 Å². The maximum absolute atomic E-state index is 6.96. The van der Waals surface area contributed by atoms with Crippen molar-refractivity contribution in [2.45, 2.75) is 63.8 Å². The Kier molecular flexibility index (Phi) is 5.14. The molecule has 1 unspecified atom stereocenters. The van der Waals surface area contributed by atoms with Crippen molar-refractivity contribution in [1.82, 2.24) is 0 Å². The van der Waals surface area contributed by atoms with Crippen LogP contribution >= 0.6 is 0 Å². The van der Waals surface area contributed by atoms with Crippen LogP contribution in [0.4, 0.5) is 0 Å². The normalized spacial score (nSPS) is 32.4. The zero-order valence-corrected chi connectivity index (χ0v) is 17.5. The number of benzene rings is 1. The fourth-order valence-electron chi connectivity index (χ4n) is 4.50. The zero-order valence-electron chi connectivity index (χ0n) is 16.5. The number of rotatable bonds is 4. The molecular weight excluding hydrogens is 320 g/mol. The molecule has 0 N–H and O–H groups in total. The highest BCUT2D eigenvalue weighted by atomic mass is 28.4. The predicted octanol–water partition coefficient (Wildman–Crippen LogP) is 6.56. The van der Waals surface area contributed by atoms with Gasteiger partial charge in [0.05, 0.1) is 6.10 Å². The summed E-state index contributed by atoms with van der Waals surface area (Å²) in [5.74, 6) is 2.27. The van der Waals surface area contributed by atoms with Crippen molar-refractivity contribution >= 4 is 8.32 Å². The second-order valence-electron chi connectivity index (χ2n) is 9.39. The lowest BCUT2D eigenvalue weighted by atomic mass is 9.75. The van der Waals surface area contributed by atoms with Gasteiger partial charge in [0.25, 0.3) is 0 Å². The third-order valence-electron chi connectivity index (χ3n) is 6.84. The first kappa shape index (κ1) is 18.7. The summed E-state index contributed by atoms with van der Waals surface area (Å²) in [5.41, 5.74) is 1.46. The molecular formula is C23H34OSi. The number of hydrogen-bond acceptors (Lipinski definition) is 1. The van der Waals surface area contributed by atoms with E-state index in [1.807, 2.05) is 0 Å². The van der Waals surface area contributed by atoms with Crippen molar-refractivity contribution < 1.29 is 4.43 Å². The molecule has 5 atom stereocenters. The molecule has 136 valence electrons. The van der Waals surface area contributed by atoms with E-state index in [0.29, 0.717) is 29.8 Å². The van der Waals surface area contributed by atoms with Gasteiger partial charge in [-0.15, -0.1) is 6.58 Å². The molecule has 0 radical (unpaired) electrons. The van der Waals surface area contributed by atoms with Crippen LogP contribution in [-0.4, -0.2) is 14.4 Å². The highest BCUT2D eigenvalue weighted by Crippen LogP contribution is 2.54. The summed E-state index contributed by atoms with van der Waals surface area (Å²) >= 11 is 0. The predicted molar refractivity (Wildman–Crippen MR) is 110 cm³/mol. The van der Waals surface area contributed by atoms with Gasteiger partial charge in [-0.2, -0.15) is 0 Å². The second kappa shape index (κ2) is 6.89. The molecule has 1 fully saturated rings. The molecule has 0 saturated heterocycles. The molecule has 2 heteroatoms. The molecule has 0 spiro atoms. The Hall–Kier alpha value is -1.12. The number of hydrogen-bond donors (Lipinski definition) is 0. The maximum atomic E-state index is 6.96. The third-order valence-corrected chi connectivity index (χ3v) is 11.3. The van der Waals surface area contributed by atoms with E-state index in [1.165, 1.54) is 12.0 Å². The van der Waals surface area contributed by atoms with Crippen LogP contribution in [-0.2, 0) is 4.43 Å². The fourth-order valence-corrected chi connectivity index (χ4v) is 5.86. The Bertz CT molecular complexity index is 625. The van der Waals surface area contributed by atoms with Crippen LogP contribution in [0.25, 0.3) is 0 Å². The molecule has 0 aromatic heterocycles. The van der Waals surface area contributed by atoms with E-state index >= 15 is 0 Å². The smallest absolute Gasteiger partial charge is 0.192 e. The molecule has 0 bridgehead atoms. The quantitative estimate of drug-likeness (QED) is 0.439. The number of fused-ring (bicyclic) bond motifs is 1. The Balaban J connectivity index is 1.93. The van der Waals surface area contributed by atoms with E-state index in [4.69, 9.17) is 4.43 Å². The summed E-state index contributed by atoms with van der Waals surface area (Å²) < 4.78 is 6.96. The zero-order chi connectivity index (χ0) is 18.2. The molecule has 0 aliphatic heterocycles. The van der Waals surface area contributed by atoms with Gasteiger partial charge in [-0.1, -0.05) is 69.3 Å². The van der Waals surface area contributed by atoms with Gasteiger partial charge in [0.1, 0.15) is 0 Å². The first-order valence-electron chi connectivity index (χ1n) is 9.76. The summed E-state index contributed by atoms with van der Waals surface area (Å²) in [5, 5.41) is 0.252. The summed E-state index contributed by atoms with van der Waals surface area (Å²) in [6, 6.07) is 11.1. The first-order chi connectivity index (χ1) is 11.7. The van der Waals surface area contributed by atoms with Crippen LogP contribution in [0.2, 0.25) is 18.1 Å². The Morgan fingerprint density at radius 2 is 1.84 bits per heavy atom. The highest BCUT2D eigenvalue weighted by molar-refractivity contribution is 6.74. The second-order valence-corrected chi connectivity index (χ2v) is 14.1. The Labute approximate surface area is 155 Å². The summed E-state index contributed by atoms with van der Waals surface area (Å²) in [6.07, 6.45) is 9.61. The Morgan fingerprint density at radius 3 is 2.44 bits per heavy atom. The van der Waals surface area contributed by atoms with Gasteiger partial charge in [0.15, 0.2) is 8.32 Å².